The highest BCUT2D eigenvalue weighted by Gasteiger charge is 2.34. The van der Waals surface area contributed by atoms with E-state index in [4.69, 9.17) is 0 Å². The molecule has 0 saturated carbocycles. The van der Waals surface area contributed by atoms with Crippen LogP contribution in [0.1, 0.15) is 10.4 Å². The number of alkyl halides is 4. The van der Waals surface area contributed by atoms with Crippen LogP contribution in [0.25, 0.3) is 0 Å². The van der Waals surface area contributed by atoms with Crippen molar-refractivity contribution in [2.24, 2.45) is 0 Å². The van der Waals surface area contributed by atoms with Gasteiger partial charge < -0.3 is 4.90 Å². The highest BCUT2D eigenvalue weighted by Crippen LogP contribution is 2.20. The lowest BCUT2D eigenvalue weighted by Crippen LogP contribution is -2.40. The fraction of sp³-hybridized carbons (Fsp3) is 0.364. The SMILES string of the molecule is O=C(c1cccc(F)c1F)N(CCBr)CC(F)(F)F. The first-order valence-corrected chi connectivity index (χ1v) is 6.24. The van der Waals surface area contributed by atoms with Crippen molar-refractivity contribution in [2.75, 3.05) is 18.4 Å². The zero-order valence-corrected chi connectivity index (χ0v) is 11.1. The molecule has 0 aliphatic rings. The van der Waals surface area contributed by atoms with Crippen LogP contribution in [0.2, 0.25) is 0 Å². The van der Waals surface area contributed by atoms with Crippen molar-refractivity contribution in [3.8, 4) is 0 Å². The van der Waals surface area contributed by atoms with E-state index in [9.17, 15) is 26.7 Å². The molecule has 0 saturated heterocycles. The molecular weight excluding hydrogens is 337 g/mol. The second-order valence-corrected chi connectivity index (χ2v) is 4.43. The van der Waals surface area contributed by atoms with Crippen molar-refractivity contribution in [3.05, 3.63) is 35.4 Å². The first-order valence-electron chi connectivity index (χ1n) is 5.12. The molecule has 1 amide bonds. The Morgan fingerprint density at radius 3 is 2.42 bits per heavy atom. The van der Waals surface area contributed by atoms with Gasteiger partial charge in [-0.25, -0.2) is 8.78 Å². The van der Waals surface area contributed by atoms with Crippen molar-refractivity contribution >= 4 is 21.8 Å². The Kier molecular flexibility index (Phi) is 5.28. The lowest BCUT2D eigenvalue weighted by atomic mass is 10.1. The molecule has 0 unspecified atom stereocenters. The highest BCUT2D eigenvalue weighted by atomic mass is 79.9. The maximum Gasteiger partial charge on any atom is 0.406 e. The molecule has 0 fully saturated rings. The molecule has 1 aromatic carbocycles. The number of amides is 1. The van der Waals surface area contributed by atoms with E-state index in [0.717, 1.165) is 18.2 Å². The van der Waals surface area contributed by atoms with E-state index in [1.54, 1.807) is 0 Å². The van der Waals surface area contributed by atoms with Crippen LogP contribution in [0.4, 0.5) is 22.0 Å². The van der Waals surface area contributed by atoms with Crippen LogP contribution in [-0.4, -0.2) is 35.4 Å². The molecule has 0 radical (unpaired) electrons. The van der Waals surface area contributed by atoms with E-state index in [1.807, 2.05) is 0 Å². The molecule has 0 atom stereocenters. The average Bonchev–Trinajstić information content (AvgIpc) is 2.30. The first kappa shape index (κ1) is 15.9. The van der Waals surface area contributed by atoms with E-state index < -0.39 is 35.8 Å². The zero-order valence-electron chi connectivity index (χ0n) is 9.48. The molecule has 1 aromatic rings. The summed E-state index contributed by atoms with van der Waals surface area (Å²) < 4.78 is 63.2. The largest absolute Gasteiger partial charge is 0.406 e. The molecule has 0 heterocycles. The standard InChI is InChI=1S/C11H9BrF5NO/c12-4-5-18(6-11(15,16)17)10(19)7-2-1-3-8(13)9(7)14/h1-3H,4-6H2. The number of hydrogen-bond donors (Lipinski definition) is 0. The lowest BCUT2D eigenvalue weighted by molar-refractivity contribution is -0.140. The third kappa shape index (κ3) is 4.45. The van der Waals surface area contributed by atoms with Crippen molar-refractivity contribution in [1.29, 1.82) is 0 Å². The Balaban J connectivity index is 3.02. The number of carbonyl (C=O) groups excluding carboxylic acids is 1. The van der Waals surface area contributed by atoms with Crippen LogP contribution in [-0.2, 0) is 0 Å². The summed E-state index contributed by atoms with van der Waals surface area (Å²) in [7, 11) is 0. The van der Waals surface area contributed by atoms with Crippen LogP contribution in [0, 0.1) is 11.6 Å². The Labute approximate surface area is 114 Å². The van der Waals surface area contributed by atoms with E-state index >= 15 is 0 Å². The van der Waals surface area contributed by atoms with E-state index in [-0.39, 0.29) is 11.9 Å². The van der Waals surface area contributed by atoms with Crippen LogP contribution in [0.15, 0.2) is 18.2 Å². The molecule has 0 spiro atoms. The molecular formula is C11H9BrF5NO. The summed E-state index contributed by atoms with van der Waals surface area (Å²) in [6.07, 6.45) is -4.61. The zero-order chi connectivity index (χ0) is 14.6. The lowest BCUT2D eigenvalue weighted by Gasteiger charge is -2.23. The van der Waals surface area contributed by atoms with Crippen LogP contribution >= 0.6 is 15.9 Å². The van der Waals surface area contributed by atoms with Gasteiger partial charge in [-0.2, -0.15) is 13.2 Å². The fourth-order valence-corrected chi connectivity index (χ4v) is 1.84. The molecule has 8 heteroatoms. The Morgan fingerprint density at radius 2 is 1.89 bits per heavy atom. The Morgan fingerprint density at radius 1 is 1.26 bits per heavy atom. The molecule has 0 aromatic heterocycles. The minimum Gasteiger partial charge on any atom is -0.329 e. The average molecular weight is 346 g/mol. The second-order valence-electron chi connectivity index (χ2n) is 3.63. The van der Waals surface area contributed by atoms with Gasteiger partial charge in [0.2, 0.25) is 0 Å². The van der Waals surface area contributed by atoms with Gasteiger partial charge in [0.05, 0.1) is 5.56 Å². The van der Waals surface area contributed by atoms with Crippen molar-refractivity contribution < 1.29 is 26.7 Å². The van der Waals surface area contributed by atoms with E-state index in [1.165, 1.54) is 0 Å². The number of nitrogens with zero attached hydrogens (tertiary/aromatic N) is 1. The minimum atomic E-state index is -4.61. The maximum absolute atomic E-state index is 13.4. The van der Waals surface area contributed by atoms with Crippen molar-refractivity contribution in [1.82, 2.24) is 4.90 Å². The van der Waals surface area contributed by atoms with Gasteiger partial charge in [-0.1, -0.05) is 22.0 Å². The van der Waals surface area contributed by atoms with Gasteiger partial charge in [-0.3, -0.25) is 4.79 Å². The summed E-state index contributed by atoms with van der Waals surface area (Å²) in [4.78, 5) is 12.2. The number of benzene rings is 1. The fourth-order valence-electron chi connectivity index (χ4n) is 1.41. The van der Waals surface area contributed by atoms with Gasteiger partial charge >= 0.3 is 6.18 Å². The summed E-state index contributed by atoms with van der Waals surface area (Å²) in [5, 5.41) is 0.0890. The molecule has 0 bridgehead atoms. The molecule has 1 rings (SSSR count). The van der Waals surface area contributed by atoms with Gasteiger partial charge in [0.1, 0.15) is 6.54 Å². The summed E-state index contributed by atoms with van der Waals surface area (Å²) in [6, 6.07) is 2.79. The first-order chi connectivity index (χ1) is 8.76. The monoisotopic (exact) mass is 345 g/mol. The van der Waals surface area contributed by atoms with Crippen molar-refractivity contribution in [2.45, 2.75) is 6.18 Å². The normalized spacial score (nSPS) is 11.5. The summed E-state index contributed by atoms with van der Waals surface area (Å²) in [6.45, 7) is -1.79. The number of carbonyl (C=O) groups is 1. The smallest absolute Gasteiger partial charge is 0.329 e. The minimum absolute atomic E-state index is 0.0890. The highest BCUT2D eigenvalue weighted by molar-refractivity contribution is 9.09. The van der Waals surface area contributed by atoms with E-state index in [0.29, 0.717) is 4.90 Å². The summed E-state index contributed by atoms with van der Waals surface area (Å²) >= 11 is 2.90. The second kappa shape index (κ2) is 6.31. The molecule has 0 aliphatic heterocycles. The predicted octanol–water partition coefficient (Wildman–Crippen LogP) is 3.36. The Bertz CT molecular complexity index is 463. The maximum atomic E-state index is 13.4. The Hall–Kier alpha value is -1.18. The van der Waals surface area contributed by atoms with Gasteiger partial charge in [-0.15, -0.1) is 0 Å². The number of rotatable bonds is 4. The quantitative estimate of drug-likeness (QED) is 0.605. The molecule has 2 nitrogen and oxygen atoms in total. The van der Waals surface area contributed by atoms with Gasteiger partial charge in [0.15, 0.2) is 11.6 Å². The molecule has 0 aliphatic carbocycles. The summed E-state index contributed by atoms with van der Waals surface area (Å²) in [5.41, 5.74) is -0.717. The number of halogens is 6. The van der Waals surface area contributed by atoms with E-state index in [2.05, 4.69) is 15.9 Å². The number of hydrogen-bond acceptors (Lipinski definition) is 1. The predicted molar refractivity (Wildman–Crippen MR) is 62.1 cm³/mol. The molecule has 106 valence electrons. The third-order valence-electron chi connectivity index (χ3n) is 2.19. The van der Waals surface area contributed by atoms with Crippen LogP contribution in [0.5, 0.6) is 0 Å². The van der Waals surface area contributed by atoms with Crippen LogP contribution in [0.3, 0.4) is 0 Å². The van der Waals surface area contributed by atoms with Gasteiger partial charge in [-0.05, 0) is 12.1 Å². The molecule has 0 N–H and O–H groups in total. The topological polar surface area (TPSA) is 20.3 Å². The third-order valence-corrected chi connectivity index (χ3v) is 2.55. The molecule has 19 heavy (non-hydrogen) atoms. The summed E-state index contributed by atoms with van der Waals surface area (Å²) in [5.74, 6) is -3.93. The van der Waals surface area contributed by atoms with Gasteiger partial charge in [0.25, 0.3) is 5.91 Å². The van der Waals surface area contributed by atoms with Gasteiger partial charge in [0, 0.05) is 11.9 Å². The van der Waals surface area contributed by atoms with Crippen molar-refractivity contribution in [3.63, 3.8) is 0 Å². The van der Waals surface area contributed by atoms with Crippen LogP contribution < -0.4 is 0 Å².